The average molecular weight is 1010 g/mol. The molecule has 1 aromatic carbocycles. The first kappa shape index (κ1) is 57.2. The van der Waals surface area contributed by atoms with Gasteiger partial charge in [0.15, 0.2) is 0 Å². The molecule has 0 radical (unpaired) electrons. The molecule has 11 amide bonds. The number of carbonyl (C=O) groups excluding carboxylic acids is 11. The van der Waals surface area contributed by atoms with Crippen molar-refractivity contribution in [2.75, 3.05) is 31.1 Å². The first-order chi connectivity index (χ1) is 32.7. The van der Waals surface area contributed by atoms with Gasteiger partial charge in [-0.3, -0.25) is 52.7 Å². The summed E-state index contributed by atoms with van der Waals surface area (Å²) in [5.74, 6) is -9.62. The van der Waals surface area contributed by atoms with Crippen LogP contribution in [-0.4, -0.2) is 148 Å². The molecule has 382 valence electrons. The highest BCUT2D eigenvalue weighted by Gasteiger charge is 2.40. The summed E-state index contributed by atoms with van der Waals surface area (Å²) in [6, 6.07) is -3.52. The van der Waals surface area contributed by atoms with Gasteiger partial charge in [0, 0.05) is 37.3 Å². The molecule has 16 N–H and O–H groups in total. The maximum absolute atomic E-state index is 14.5. The maximum atomic E-state index is 14.5. The number of hydrogen-bond acceptors (Lipinski definition) is 15. The number of carbonyl (C=O) groups is 11. The van der Waals surface area contributed by atoms with Gasteiger partial charge < -0.3 is 70.2 Å². The quantitative estimate of drug-likeness (QED) is 0.0474. The Morgan fingerprint density at radius 2 is 1.49 bits per heavy atom. The third-order valence-corrected chi connectivity index (χ3v) is 13.8. The number of unbranched alkanes of at least 4 members (excludes halogenated alkanes) is 1. The number of hydrogen-bond donors (Lipinski definition) is 12. The molecule has 1 aromatic rings. The Labute approximate surface area is 407 Å². The van der Waals surface area contributed by atoms with Gasteiger partial charge in [-0.05, 0) is 68.7 Å². The van der Waals surface area contributed by atoms with Crippen LogP contribution in [0.1, 0.15) is 83.6 Å². The fraction of sp³-hybridized carbons (Fsp3) is 0.605. The third-order valence-electron chi connectivity index (χ3n) is 11.4. The van der Waals surface area contributed by atoms with E-state index in [2.05, 4.69) is 37.2 Å². The van der Waals surface area contributed by atoms with Crippen LogP contribution in [0, 0.1) is 5.92 Å². The van der Waals surface area contributed by atoms with E-state index in [9.17, 15) is 57.8 Å². The van der Waals surface area contributed by atoms with Crippen LogP contribution in [0.4, 0.5) is 0 Å². The minimum atomic E-state index is -1.73. The Balaban J connectivity index is 2.01. The number of nitrogens with zero attached hydrogens (tertiary/aromatic N) is 1. The number of amides is 11. The molecule has 2 saturated heterocycles. The molecule has 2 aliphatic rings. The Morgan fingerprint density at radius 1 is 0.826 bits per heavy atom. The van der Waals surface area contributed by atoms with Gasteiger partial charge in [0.2, 0.25) is 65.0 Å². The predicted molar refractivity (Wildman–Crippen MR) is 254 cm³/mol. The molecule has 3 rings (SSSR count). The molecule has 0 unspecified atom stereocenters. The van der Waals surface area contributed by atoms with Gasteiger partial charge in [-0.1, -0.05) is 54.0 Å². The highest BCUT2D eigenvalue weighted by Crippen LogP contribution is 2.26. The largest absolute Gasteiger partial charge is 0.508 e. The number of likely N-dealkylation sites (tertiary alicyclic amines) is 1. The van der Waals surface area contributed by atoms with E-state index in [0.29, 0.717) is 37.8 Å². The number of benzene rings is 1. The summed E-state index contributed by atoms with van der Waals surface area (Å²) in [6.07, 6.45) is 0.265. The number of nitrogens with two attached hydrogens (primary N) is 4. The Hall–Kier alpha value is -6.15. The zero-order valence-corrected chi connectivity index (χ0v) is 40.4. The third kappa shape index (κ3) is 19.4. The number of rotatable bonds is 19. The number of nitrogens with one attached hydrogen (secondary N) is 7. The van der Waals surface area contributed by atoms with E-state index in [4.69, 9.17) is 22.9 Å². The second-order valence-corrected chi connectivity index (χ2v) is 19.4. The fourth-order valence-electron chi connectivity index (χ4n) is 7.39. The van der Waals surface area contributed by atoms with Gasteiger partial charge in [-0.15, -0.1) is 0 Å². The molecule has 26 heteroatoms. The van der Waals surface area contributed by atoms with Crippen molar-refractivity contribution in [3.63, 3.8) is 0 Å². The Kier molecular flexibility index (Phi) is 24.0. The molecular weight excluding hydrogens is 941 g/mol. The minimum Gasteiger partial charge on any atom is -0.508 e. The van der Waals surface area contributed by atoms with E-state index in [0.717, 1.165) is 21.6 Å². The minimum absolute atomic E-state index is 0.0277. The number of phenols is 1. The monoisotopic (exact) mass is 1010 g/mol. The Bertz CT molecular complexity index is 2010. The number of aromatic hydroxyl groups is 1. The lowest BCUT2D eigenvalue weighted by atomic mass is 9.96. The van der Waals surface area contributed by atoms with Gasteiger partial charge in [0.1, 0.15) is 48.0 Å². The van der Waals surface area contributed by atoms with Crippen molar-refractivity contribution in [2.45, 2.75) is 127 Å². The second kappa shape index (κ2) is 29.0. The molecule has 0 saturated carbocycles. The van der Waals surface area contributed by atoms with E-state index >= 15 is 0 Å². The molecule has 24 nitrogen and oxygen atoms in total. The Morgan fingerprint density at radius 3 is 2.13 bits per heavy atom. The fourth-order valence-corrected chi connectivity index (χ4v) is 9.53. The maximum Gasteiger partial charge on any atom is 0.246 e. The molecule has 8 atom stereocenters. The lowest BCUT2D eigenvalue weighted by molar-refractivity contribution is -0.142. The highest BCUT2D eigenvalue weighted by molar-refractivity contribution is 8.76. The van der Waals surface area contributed by atoms with E-state index in [1.165, 1.54) is 17.0 Å². The smallest absolute Gasteiger partial charge is 0.246 e. The van der Waals surface area contributed by atoms with Crippen LogP contribution in [0.25, 0.3) is 0 Å². The van der Waals surface area contributed by atoms with Crippen molar-refractivity contribution in [1.29, 1.82) is 0 Å². The van der Waals surface area contributed by atoms with Crippen LogP contribution < -0.4 is 60.2 Å². The zero-order valence-electron chi connectivity index (χ0n) is 38.8. The van der Waals surface area contributed by atoms with E-state index in [1.54, 1.807) is 26.0 Å². The van der Waals surface area contributed by atoms with Crippen molar-refractivity contribution in [3.8, 4) is 5.75 Å². The summed E-state index contributed by atoms with van der Waals surface area (Å²) in [7, 11) is 2.23. The van der Waals surface area contributed by atoms with Crippen LogP contribution in [0.5, 0.6) is 5.75 Å². The van der Waals surface area contributed by atoms with Crippen LogP contribution in [0.3, 0.4) is 0 Å². The summed E-state index contributed by atoms with van der Waals surface area (Å²) in [4.78, 5) is 148. The first-order valence-electron chi connectivity index (χ1n) is 22.7. The van der Waals surface area contributed by atoms with Crippen molar-refractivity contribution >= 4 is 86.6 Å². The van der Waals surface area contributed by atoms with Gasteiger partial charge >= 0.3 is 0 Å². The van der Waals surface area contributed by atoms with Crippen LogP contribution >= 0.6 is 21.6 Å². The topological polar surface area (TPSA) is 400 Å². The summed E-state index contributed by atoms with van der Waals surface area (Å²) >= 11 is 0. The highest BCUT2D eigenvalue weighted by atomic mass is 33.1. The lowest BCUT2D eigenvalue weighted by Crippen LogP contribution is -2.61. The van der Waals surface area contributed by atoms with Crippen LogP contribution in [-0.2, 0) is 59.2 Å². The molecule has 0 aromatic heterocycles. The molecule has 69 heavy (non-hydrogen) atoms. The summed E-state index contributed by atoms with van der Waals surface area (Å²) in [6.45, 7) is 3.33. The van der Waals surface area contributed by atoms with Crippen molar-refractivity contribution < 1.29 is 57.8 Å². The average Bonchev–Trinajstić information content (AvgIpc) is 3.80. The molecule has 0 spiro atoms. The normalized spacial score (nSPS) is 23.1. The molecule has 2 fully saturated rings. The van der Waals surface area contributed by atoms with Crippen LogP contribution in [0.15, 0.2) is 24.3 Å². The summed E-state index contributed by atoms with van der Waals surface area (Å²) in [5.41, 5.74) is 22.3. The van der Waals surface area contributed by atoms with Crippen LogP contribution in [0.2, 0.25) is 0 Å². The second-order valence-electron chi connectivity index (χ2n) is 16.8. The summed E-state index contributed by atoms with van der Waals surface area (Å²) < 4.78 is 0. The SMILES string of the molecule is CC[C@H](C)[C@@H]1NC(=O)[C@H](Cc2ccc(O)cc2)NC(=O)CCSSC[C@@H](C(=O)N2CCC[C@H]2C(=O)N[C@@H](CCCCN)C(=O)NCC(N)=O)NC(=O)[C@H](CC(N)=O)NC(=O)[C@H](CCC(N)=O)NC1=O. The number of phenolic OH excluding ortho intramolecular Hbond substituents is 1. The number of primary amides is 3. The molecule has 2 heterocycles. The predicted octanol–water partition coefficient (Wildman–Crippen LogP) is -3.46. The lowest BCUT2D eigenvalue weighted by Gasteiger charge is -2.31. The molecular formula is C43H66N12O12S2. The van der Waals surface area contributed by atoms with Gasteiger partial charge in [-0.25, -0.2) is 0 Å². The van der Waals surface area contributed by atoms with Gasteiger partial charge in [0.25, 0.3) is 0 Å². The van der Waals surface area contributed by atoms with E-state index in [1.807, 2.05) is 0 Å². The molecule has 0 aliphatic carbocycles. The summed E-state index contributed by atoms with van der Waals surface area (Å²) in [5, 5.41) is 27.8. The molecule has 0 bridgehead atoms. The van der Waals surface area contributed by atoms with Crippen molar-refractivity contribution in [2.24, 2.45) is 28.9 Å². The first-order valence-corrected chi connectivity index (χ1v) is 25.2. The van der Waals surface area contributed by atoms with E-state index < -0.39 is 133 Å². The van der Waals surface area contributed by atoms with Crippen molar-refractivity contribution in [1.82, 2.24) is 42.1 Å². The van der Waals surface area contributed by atoms with Crippen molar-refractivity contribution in [3.05, 3.63) is 29.8 Å². The molecule has 2 aliphatic heterocycles. The standard InChI is InChI=1S/C43H66N12O12S2/c1-3-23(2)36-42(66)51-27(13-14-32(45)57)38(62)52-29(20-33(46)58)39(63)53-30(22-69-68-18-15-35(60)49-28(40(64)54-36)19-24-9-11-25(56)12-10-24)43(67)55-17-6-8-31(55)41(65)50-26(7-4-5-16-44)37(61)48-21-34(47)59/h9-12,23,26-31,36,56H,3-8,13-22,44H2,1-2H3,(H2,45,57)(H2,46,58)(H2,47,59)(H,48,61)(H,49,60)(H,50,65)(H,51,66)(H,52,62)(H,53,63)(H,54,64)/t23-,26-,27-,28-,29-,30-,31-,36-/m0/s1. The van der Waals surface area contributed by atoms with Gasteiger partial charge in [-0.2, -0.15) is 0 Å². The van der Waals surface area contributed by atoms with Gasteiger partial charge in [0.05, 0.1) is 13.0 Å². The zero-order chi connectivity index (χ0) is 51.2. The van der Waals surface area contributed by atoms with E-state index in [-0.39, 0.29) is 55.9 Å².